The zero-order valence-electron chi connectivity index (χ0n) is 4.97. The molecule has 6 nitrogen and oxygen atoms in total. The molecule has 2 heterocycles. The molecule has 0 aliphatic rings. The van der Waals surface area contributed by atoms with Crippen molar-refractivity contribution < 1.29 is 5.21 Å². The van der Waals surface area contributed by atoms with E-state index in [-0.39, 0.29) is 5.82 Å². The van der Waals surface area contributed by atoms with E-state index in [1.807, 2.05) is 0 Å². The molecule has 0 amide bonds. The molecule has 0 bridgehead atoms. The van der Waals surface area contributed by atoms with Crippen LogP contribution >= 0.6 is 0 Å². The molecule has 0 aliphatic heterocycles. The maximum Gasteiger partial charge on any atom is 0.215 e. The maximum atomic E-state index is 9.02. The lowest BCUT2D eigenvalue weighted by Gasteiger charge is -1.87. The smallest absolute Gasteiger partial charge is 0.215 e. The lowest BCUT2D eigenvalue weighted by atomic mass is 10.7. The molecule has 52 valence electrons. The first kappa shape index (κ1) is 5.10. The van der Waals surface area contributed by atoms with Crippen LogP contribution in [-0.4, -0.2) is 24.8 Å². The monoisotopic (exact) mass is 139 g/mol. The summed E-state index contributed by atoms with van der Waals surface area (Å²) in [6.45, 7) is 0. The van der Waals surface area contributed by atoms with Crippen LogP contribution in [0.1, 0.15) is 0 Å². The molecule has 2 aromatic heterocycles. The van der Waals surface area contributed by atoms with Crippen LogP contribution in [0.2, 0.25) is 0 Å². The third-order valence-corrected chi connectivity index (χ3v) is 1.26. The SMILES string of the molecule is Nc1nnn2ccn(O)c12. The van der Waals surface area contributed by atoms with Gasteiger partial charge in [0, 0.05) is 0 Å². The lowest BCUT2D eigenvalue weighted by molar-refractivity contribution is 0.199. The highest BCUT2D eigenvalue weighted by Gasteiger charge is 2.05. The highest BCUT2D eigenvalue weighted by atomic mass is 16.5. The van der Waals surface area contributed by atoms with E-state index in [9.17, 15) is 0 Å². The number of nitrogens with two attached hydrogens (primary N) is 1. The van der Waals surface area contributed by atoms with Crippen molar-refractivity contribution in [1.29, 1.82) is 0 Å². The highest BCUT2D eigenvalue weighted by molar-refractivity contribution is 5.58. The summed E-state index contributed by atoms with van der Waals surface area (Å²) < 4.78 is 2.25. The van der Waals surface area contributed by atoms with Crippen molar-refractivity contribution in [2.45, 2.75) is 0 Å². The average Bonchev–Trinajstić information content (AvgIpc) is 2.40. The number of nitrogen functional groups attached to an aromatic ring is 1. The molecular weight excluding hydrogens is 134 g/mol. The van der Waals surface area contributed by atoms with Crippen molar-refractivity contribution >= 4 is 11.5 Å². The fourth-order valence-electron chi connectivity index (χ4n) is 0.820. The molecule has 0 atom stereocenters. The van der Waals surface area contributed by atoms with Crippen molar-refractivity contribution in [3.05, 3.63) is 12.4 Å². The zero-order valence-corrected chi connectivity index (χ0v) is 4.97. The van der Waals surface area contributed by atoms with E-state index in [4.69, 9.17) is 10.9 Å². The normalized spacial score (nSPS) is 10.8. The first-order chi connectivity index (χ1) is 4.79. The second kappa shape index (κ2) is 1.41. The summed E-state index contributed by atoms with van der Waals surface area (Å²) in [4.78, 5) is 0. The number of hydrogen-bond acceptors (Lipinski definition) is 4. The van der Waals surface area contributed by atoms with Crippen LogP contribution in [0.25, 0.3) is 5.65 Å². The second-order valence-electron chi connectivity index (χ2n) is 1.89. The van der Waals surface area contributed by atoms with Gasteiger partial charge in [-0.3, -0.25) is 0 Å². The Labute approximate surface area is 55.4 Å². The Bertz CT molecular complexity index is 329. The first-order valence-corrected chi connectivity index (χ1v) is 2.66. The molecule has 0 saturated heterocycles. The van der Waals surface area contributed by atoms with E-state index >= 15 is 0 Å². The standard InChI is InChI=1S/C4H5N5O/c5-3-4-8(7-6-3)1-2-9(4)10/h1-2,10H,5H2. The van der Waals surface area contributed by atoms with Crippen LogP contribution in [0.4, 0.5) is 5.82 Å². The minimum atomic E-state index is 0.215. The molecule has 3 N–H and O–H groups in total. The van der Waals surface area contributed by atoms with Crippen LogP contribution in [0, 0.1) is 0 Å². The molecular formula is C4H5N5O. The summed E-state index contributed by atoms with van der Waals surface area (Å²) in [5, 5.41) is 16.1. The quantitative estimate of drug-likeness (QED) is 0.475. The van der Waals surface area contributed by atoms with E-state index in [0.29, 0.717) is 5.65 Å². The Kier molecular flexibility index (Phi) is 0.717. The summed E-state index contributed by atoms with van der Waals surface area (Å²) in [7, 11) is 0. The molecule has 2 rings (SSSR count). The molecule has 0 fully saturated rings. The van der Waals surface area contributed by atoms with E-state index in [1.54, 1.807) is 6.20 Å². The number of anilines is 1. The topological polar surface area (TPSA) is 81.4 Å². The number of hydrogen-bond donors (Lipinski definition) is 2. The molecule has 0 unspecified atom stereocenters. The summed E-state index contributed by atoms with van der Waals surface area (Å²) in [5.41, 5.74) is 5.74. The Morgan fingerprint density at radius 2 is 2.30 bits per heavy atom. The van der Waals surface area contributed by atoms with Crippen LogP contribution < -0.4 is 5.73 Å². The first-order valence-electron chi connectivity index (χ1n) is 2.66. The Morgan fingerprint density at radius 1 is 1.50 bits per heavy atom. The number of imidazole rings is 1. The molecule has 0 saturated carbocycles. The molecule has 2 aromatic rings. The third kappa shape index (κ3) is 0.426. The predicted octanol–water partition coefficient (Wildman–Crippen LogP) is -0.650. The number of aromatic nitrogens is 4. The van der Waals surface area contributed by atoms with E-state index < -0.39 is 0 Å². The third-order valence-electron chi connectivity index (χ3n) is 1.26. The van der Waals surface area contributed by atoms with Gasteiger partial charge in [-0.25, -0.2) is 0 Å². The number of nitrogens with zero attached hydrogens (tertiary/aromatic N) is 4. The molecule has 0 aliphatic carbocycles. The van der Waals surface area contributed by atoms with Gasteiger partial charge >= 0.3 is 0 Å². The Morgan fingerprint density at radius 3 is 3.00 bits per heavy atom. The van der Waals surface area contributed by atoms with Crippen molar-refractivity contribution in [3.8, 4) is 0 Å². The van der Waals surface area contributed by atoms with Crippen molar-refractivity contribution in [2.75, 3.05) is 5.73 Å². The van der Waals surface area contributed by atoms with Gasteiger partial charge in [0.2, 0.25) is 5.65 Å². The van der Waals surface area contributed by atoms with Gasteiger partial charge < -0.3 is 10.9 Å². The van der Waals surface area contributed by atoms with Gasteiger partial charge in [0.25, 0.3) is 0 Å². The van der Waals surface area contributed by atoms with Crippen molar-refractivity contribution in [1.82, 2.24) is 19.6 Å². The average molecular weight is 139 g/mol. The zero-order chi connectivity index (χ0) is 7.14. The fraction of sp³-hybridized carbons (Fsp3) is 0. The van der Waals surface area contributed by atoms with E-state index in [2.05, 4.69) is 10.3 Å². The van der Waals surface area contributed by atoms with Gasteiger partial charge in [-0.05, 0) is 0 Å². The van der Waals surface area contributed by atoms with Gasteiger partial charge in [-0.1, -0.05) is 5.21 Å². The Hall–Kier alpha value is -1.72. The van der Waals surface area contributed by atoms with Gasteiger partial charge in [0.1, 0.15) is 0 Å². The van der Waals surface area contributed by atoms with Crippen LogP contribution in [0.15, 0.2) is 12.4 Å². The maximum absolute atomic E-state index is 9.02. The molecule has 0 radical (unpaired) electrons. The van der Waals surface area contributed by atoms with Gasteiger partial charge in [-0.2, -0.15) is 9.25 Å². The largest absolute Gasteiger partial charge is 0.427 e. The molecule has 10 heavy (non-hydrogen) atoms. The summed E-state index contributed by atoms with van der Waals surface area (Å²) in [5.74, 6) is 0.215. The van der Waals surface area contributed by atoms with E-state index in [1.165, 1.54) is 10.7 Å². The number of rotatable bonds is 0. The minimum Gasteiger partial charge on any atom is -0.427 e. The second-order valence-corrected chi connectivity index (χ2v) is 1.89. The summed E-state index contributed by atoms with van der Waals surface area (Å²) in [6.07, 6.45) is 2.99. The molecule has 6 heteroatoms. The predicted molar refractivity (Wildman–Crippen MR) is 32.6 cm³/mol. The van der Waals surface area contributed by atoms with Crippen LogP contribution in [-0.2, 0) is 0 Å². The van der Waals surface area contributed by atoms with E-state index in [0.717, 1.165) is 4.73 Å². The van der Waals surface area contributed by atoms with Gasteiger partial charge in [-0.15, -0.1) is 5.10 Å². The summed E-state index contributed by atoms with van der Waals surface area (Å²) >= 11 is 0. The van der Waals surface area contributed by atoms with Crippen LogP contribution in [0.5, 0.6) is 0 Å². The fourth-order valence-corrected chi connectivity index (χ4v) is 0.820. The van der Waals surface area contributed by atoms with Crippen molar-refractivity contribution in [3.63, 3.8) is 0 Å². The molecule has 0 aromatic carbocycles. The van der Waals surface area contributed by atoms with Crippen LogP contribution in [0.3, 0.4) is 0 Å². The highest BCUT2D eigenvalue weighted by Crippen LogP contribution is 2.07. The lowest BCUT2D eigenvalue weighted by Crippen LogP contribution is -1.92. The van der Waals surface area contributed by atoms with Crippen molar-refractivity contribution in [2.24, 2.45) is 0 Å². The minimum absolute atomic E-state index is 0.215. The van der Waals surface area contributed by atoms with Gasteiger partial charge in [0.15, 0.2) is 5.82 Å². The van der Waals surface area contributed by atoms with Gasteiger partial charge in [0.05, 0.1) is 12.4 Å². The number of fused-ring (bicyclic) bond motifs is 1. The summed E-state index contributed by atoms with van der Waals surface area (Å²) in [6, 6.07) is 0. The molecule has 0 spiro atoms. The Balaban J connectivity index is 2.98.